The fourth-order valence-electron chi connectivity index (χ4n) is 2.30. The monoisotopic (exact) mass is 376 g/mol. The molecule has 1 unspecified atom stereocenters. The van der Waals surface area contributed by atoms with Gasteiger partial charge in [0.1, 0.15) is 0 Å². The number of nitrogens with zero attached hydrogens (tertiary/aromatic N) is 1. The third-order valence-electron chi connectivity index (χ3n) is 3.56. The van der Waals surface area contributed by atoms with E-state index in [0.29, 0.717) is 12.2 Å². The Morgan fingerprint density at radius 2 is 2.12 bits per heavy atom. The Morgan fingerprint density at radius 1 is 1.42 bits per heavy atom. The molecule has 134 valence electrons. The molecular weight excluding hydrogens is 356 g/mol. The van der Waals surface area contributed by atoms with Crippen LogP contribution in [0.2, 0.25) is 0 Å². The summed E-state index contributed by atoms with van der Waals surface area (Å²) in [6.07, 6.45) is 0.165. The third kappa shape index (κ3) is 4.91. The maximum absolute atomic E-state index is 12.2. The van der Waals surface area contributed by atoms with E-state index in [0.717, 1.165) is 0 Å². The first-order chi connectivity index (χ1) is 10.8. The number of anilines is 1. The second-order valence-electron chi connectivity index (χ2n) is 5.38. The molecular formula is C14H21ClN4O4S. The molecule has 0 saturated carbocycles. The number of rotatable bonds is 6. The van der Waals surface area contributed by atoms with Crippen LogP contribution in [0.15, 0.2) is 29.2 Å². The number of sulfonamides is 1. The van der Waals surface area contributed by atoms with Crippen molar-refractivity contribution in [2.24, 2.45) is 11.7 Å². The quantitative estimate of drug-likeness (QED) is 0.632. The van der Waals surface area contributed by atoms with Gasteiger partial charge in [-0.15, -0.1) is 12.4 Å². The lowest BCUT2D eigenvalue weighted by Gasteiger charge is -2.12. The van der Waals surface area contributed by atoms with Crippen LogP contribution >= 0.6 is 12.4 Å². The van der Waals surface area contributed by atoms with E-state index in [4.69, 9.17) is 5.73 Å². The SMILES string of the molecule is CN1CC(C(=O)Nc2cccc(S(=O)(=O)NCCN)c2)CC1=O.Cl. The lowest BCUT2D eigenvalue weighted by atomic mass is 10.1. The Balaban J connectivity index is 0.00000288. The number of nitrogens with one attached hydrogen (secondary N) is 2. The molecule has 2 amide bonds. The van der Waals surface area contributed by atoms with Gasteiger partial charge in [-0.3, -0.25) is 9.59 Å². The zero-order chi connectivity index (χ0) is 17.0. The first-order valence-electron chi connectivity index (χ1n) is 7.18. The van der Waals surface area contributed by atoms with Crippen molar-refractivity contribution in [3.05, 3.63) is 24.3 Å². The van der Waals surface area contributed by atoms with Gasteiger partial charge in [0.25, 0.3) is 0 Å². The number of carbonyl (C=O) groups excluding carboxylic acids is 2. The molecule has 0 aromatic heterocycles. The van der Waals surface area contributed by atoms with E-state index in [2.05, 4.69) is 10.0 Å². The molecule has 1 heterocycles. The van der Waals surface area contributed by atoms with Crippen LogP contribution in [0.4, 0.5) is 5.69 Å². The summed E-state index contributed by atoms with van der Waals surface area (Å²) in [5.74, 6) is -0.803. The van der Waals surface area contributed by atoms with E-state index >= 15 is 0 Å². The predicted octanol–water partition coefficient (Wildman–Crippen LogP) is -0.238. The Kier molecular flexibility index (Phi) is 7.15. The number of benzene rings is 1. The molecule has 24 heavy (non-hydrogen) atoms. The second-order valence-corrected chi connectivity index (χ2v) is 7.15. The number of halogens is 1. The van der Waals surface area contributed by atoms with Gasteiger partial charge in [0.2, 0.25) is 21.8 Å². The first kappa shape index (κ1) is 20.4. The van der Waals surface area contributed by atoms with Crippen LogP contribution in [0.5, 0.6) is 0 Å². The Hall–Kier alpha value is -1.68. The molecule has 1 aliphatic rings. The van der Waals surface area contributed by atoms with Crippen LogP contribution in [-0.4, -0.2) is 51.8 Å². The second kappa shape index (κ2) is 8.43. The number of hydrogen-bond acceptors (Lipinski definition) is 5. The highest BCUT2D eigenvalue weighted by Crippen LogP contribution is 2.20. The molecule has 10 heteroatoms. The molecule has 0 spiro atoms. The van der Waals surface area contributed by atoms with E-state index in [1.165, 1.54) is 17.0 Å². The molecule has 0 aliphatic carbocycles. The van der Waals surface area contributed by atoms with E-state index in [1.54, 1.807) is 19.2 Å². The average molecular weight is 377 g/mol. The van der Waals surface area contributed by atoms with Crippen molar-refractivity contribution in [2.45, 2.75) is 11.3 Å². The zero-order valence-electron chi connectivity index (χ0n) is 13.2. The summed E-state index contributed by atoms with van der Waals surface area (Å²) in [5, 5.41) is 2.66. The largest absolute Gasteiger partial charge is 0.345 e. The van der Waals surface area contributed by atoms with Gasteiger partial charge in [0.15, 0.2) is 0 Å². The Bertz CT molecular complexity index is 710. The summed E-state index contributed by atoms with van der Waals surface area (Å²) in [5.41, 5.74) is 5.65. The minimum absolute atomic E-state index is 0. The van der Waals surface area contributed by atoms with Crippen molar-refractivity contribution in [3.8, 4) is 0 Å². The van der Waals surface area contributed by atoms with Crippen molar-refractivity contribution < 1.29 is 18.0 Å². The van der Waals surface area contributed by atoms with Crippen molar-refractivity contribution >= 4 is 39.9 Å². The third-order valence-corrected chi connectivity index (χ3v) is 5.02. The van der Waals surface area contributed by atoms with Gasteiger partial charge < -0.3 is 16.0 Å². The molecule has 1 aromatic carbocycles. The molecule has 4 N–H and O–H groups in total. The van der Waals surface area contributed by atoms with E-state index in [-0.39, 0.29) is 48.6 Å². The van der Waals surface area contributed by atoms with Crippen LogP contribution in [-0.2, 0) is 19.6 Å². The number of likely N-dealkylation sites (tertiary alicyclic amines) is 1. The minimum atomic E-state index is -3.66. The lowest BCUT2D eigenvalue weighted by molar-refractivity contribution is -0.127. The van der Waals surface area contributed by atoms with Crippen LogP contribution in [0.3, 0.4) is 0 Å². The van der Waals surface area contributed by atoms with Crippen LogP contribution in [0.25, 0.3) is 0 Å². The smallest absolute Gasteiger partial charge is 0.240 e. The van der Waals surface area contributed by atoms with Gasteiger partial charge in [-0.2, -0.15) is 0 Å². The summed E-state index contributed by atoms with van der Waals surface area (Å²) in [4.78, 5) is 25.2. The molecule has 1 saturated heterocycles. The number of nitrogens with two attached hydrogens (primary N) is 1. The number of hydrogen-bond donors (Lipinski definition) is 3. The summed E-state index contributed by atoms with van der Waals surface area (Å²) in [6.45, 7) is 0.690. The number of amides is 2. The molecule has 0 bridgehead atoms. The Labute approximate surface area is 147 Å². The fraction of sp³-hybridized carbons (Fsp3) is 0.429. The van der Waals surface area contributed by atoms with Crippen molar-refractivity contribution in [1.29, 1.82) is 0 Å². The molecule has 2 rings (SSSR count). The highest BCUT2D eigenvalue weighted by molar-refractivity contribution is 7.89. The summed E-state index contributed by atoms with van der Waals surface area (Å²) < 4.78 is 26.4. The summed E-state index contributed by atoms with van der Waals surface area (Å²) >= 11 is 0. The molecule has 8 nitrogen and oxygen atoms in total. The topological polar surface area (TPSA) is 122 Å². The highest BCUT2D eigenvalue weighted by Gasteiger charge is 2.32. The van der Waals surface area contributed by atoms with Gasteiger partial charge >= 0.3 is 0 Å². The number of carbonyl (C=O) groups is 2. The molecule has 1 fully saturated rings. The van der Waals surface area contributed by atoms with Crippen LogP contribution in [0.1, 0.15) is 6.42 Å². The molecule has 1 aromatic rings. The average Bonchev–Trinajstić information content (AvgIpc) is 2.85. The predicted molar refractivity (Wildman–Crippen MR) is 92.3 cm³/mol. The maximum Gasteiger partial charge on any atom is 0.240 e. The van der Waals surface area contributed by atoms with Crippen molar-refractivity contribution in [2.75, 3.05) is 32.0 Å². The van der Waals surface area contributed by atoms with Crippen LogP contribution in [0, 0.1) is 5.92 Å². The van der Waals surface area contributed by atoms with Crippen molar-refractivity contribution in [3.63, 3.8) is 0 Å². The van der Waals surface area contributed by atoms with E-state index in [1.807, 2.05) is 0 Å². The lowest BCUT2D eigenvalue weighted by Crippen LogP contribution is -2.29. The van der Waals surface area contributed by atoms with Gasteiger partial charge in [0, 0.05) is 38.8 Å². The molecule has 1 aliphatic heterocycles. The van der Waals surface area contributed by atoms with Gasteiger partial charge in [-0.25, -0.2) is 13.1 Å². The minimum Gasteiger partial charge on any atom is -0.345 e. The maximum atomic E-state index is 12.2. The standard InChI is InChI=1S/C14H20N4O4S.ClH/c1-18-9-10(7-13(18)19)14(20)17-11-3-2-4-12(8-11)23(21,22)16-6-5-15;/h2-4,8,10,16H,5-7,9,15H2,1H3,(H,17,20);1H. The van der Waals surface area contributed by atoms with Crippen molar-refractivity contribution in [1.82, 2.24) is 9.62 Å². The summed E-state index contributed by atoms with van der Waals surface area (Å²) in [7, 11) is -2.02. The Morgan fingerprint density at radius 3 is 2.71 bits per heavy atom. The van der Waals surface area contributed by atoms with Gasteiger partial charge in [-0.1, -0.05) is 6.07 Å². The van der Waals surface area contributed by atoms with Crippen LogP contribution < -0.4 is 15.8 Å². The molecule has 0 radical (unpaired) electrons. The fourth-order valence-corrected chi connectivity index (χ4v) is 3.39. The highest BCUT2D eigenvalue weighted by atomic mass is 35.5. The van der Waals surface area contributed by atoms with E-state index < -0.39 is 15.9 Å². The molecule has 1 atom stereocenters. The first-order valence-corrected chi connectivity index (χ1v) is 8.66. The normalized spacial score (nSPS) is 17.5. The van der Waals surface area contributed by atoms with Gasteiger partial charge in [0.05, 0.1) is 10.8 Å². The summed E-state index contributed by atoms with van der Waals surface area (Å²) in [6, 6.07) is 5.94. The van der Waals surface area contributed by atoms with Gasteiger partial charge in [-0.05, 0) is 18.2 Å². The zero-order valence-corrected chi connectivity index (χ0v) is 14.8. The van der Waals surface area contributed by atoms with E-state index in [9.17, 15) is 18.0 Å².